The maximum Gasteiger partial charge on any atom is 0.151 e. The number of hydrogen-bond acceptors (Lipinski definition) is 2. The summed E-state index contributed by atoms with van der Waals surface area (Å²) in [6.45, 7) is 10.1. The molecule has 1 aromatic heterocycles. The summed E-state index contributed by atoms with van der Waals surface area (Å²) >= 11 is 0. The first-order valence-electron chi connectivity index (χ1n) is 6.88. The highest BCUT2D eigenvalue weighted by Gasteiger charge is 2.25. The summed E-state index contributed by atoms with van der Waals surface area (Å²) in [6, 6.07) is 0. The second-order valence-electron chi connectivity index (χ2n) is 6.05. The standard InChI is InChI=1S/C14H25N3/c1-9(2)8-15-14-12-7-11(10(3)4)5-6-13(12)16-17-14/h9-11H,5-8H2,1-4H3,(H2,15,16,17). The zero-order chi connectivity index (χ0) is 12.4. The molecule has 0 saturated heterocycles. The number of fused-ring (bicyclic) bond motifs is 1. The molecule has 96 valence electrons. The Kier molecular flexibility index (Phi) is 3.75. The first-order valence-corrected chi connectivity index (χ1v) is 6.88. The van der Waals surface area contributed by atoms with Crippen LogP contribution in [0.1, 0.15) is 45.4 Å². The minimum absolute atomic E-state index is 0.659. The van der Waals surface area contributed by atoms with Crippen LogP contribution in [0.15, 0.2) is 0 Å². The number of anilines is 1. The van der Waals surface area contributed by atoms with E-state index in [0.29, 0.717) is 5.92 Å². The highest BCUT2D eigenvalue weighted by molar-refractivity contribution is 5.47. The van der Waals surface area contributed by atoms with E-state index in [-0.39, 0.29) is 0 Å². The van der Waals surface area contributed by atoms with E-state index in [1.54, 1.807) is 0 Å². The molecule has 0 bridgehead atoms. The van der Waals surface area contributed by atoms with Crippen molar-refractivity contribution in [2.24, 2.45) is 17.8 Å². The maximum absolute atomic E-state index is 4.43. The van der Waals surface area contributed by atoms with Crippen LogP contribution in [0.25, 0.3) is 0 Å². The van der Waals surface area contributed by atoms with Crippen molar-refractivity contribution in [1.82, 2.24) is 10.2 Å². The van der Waals surface area contributed by atoms with Crippen LogP contribution in [0.2, 0.25) is 0 Å². The SMILES string of the molecule is CC(C)CNc1n[nH]c2c1CC(C(C)C)CC2. The third-order valence-corrected chi connectivity index (χ3v) is 3.80. The molecular weight excluding hydrogens is 210 g/mol. The molecule has 0 amide bonds. The number of nitrogens with one attached hydrogen (secondary N) is 2. The molecule has 1 unspecified atom stereocenters. The lowest BCUT2D eigenvalue weighted by atomic mass is 9.80. The number of rotatable bonds is 4. The van der Waals surface area contributed by atoms with Crippen molar-refractivity contribution in [2.75, 3.05) is 11.9 Å². The highest BCUT2D eigenvalue weighted by Crippen LogP contribution is 2.32. The topological polar surface area (TPSA) is 40.7 Å². The van der Waals surface area contributed by atoms with Crippen LogP contribution in [0.4, 0.5) is 5.82 Å². The van der Waals surface area contributed by atoms with Crippen LogP contribution >= 0.6 is 0 Å². The van der Waals surface area contributed by atoms with Gasteiger partial charge in [-0.25, -0.2) is 0 Å². The molecule has 1 atom stereocenters. The second kappa shape index (κ2) is 5.11. The van der Waals surface area contributed by atoms with Crippen molar-refractivity contribution in [1.29, 1.82) is 0 Å². The van der Waals surface area contributed by atoms with Gasteiger partial charge in [-0.2, -0.15) is 5.10 Å². The van der Waals surface area contributed by atoms with E-state index in [0.717, 1.165) is 30.6 Å². The molecule has 2 rings (SSSR count). The average Bonchev–Trinajstić information content (AvgIpc) is 2.68. The number of hydrogen-bond donors (Lipinski definition) is 2. The van der Waals surface area contributed by atoms with Gasteiger partial charge < -0.3 is 5.32 Å². The number of H-pyrrole nitrogens is 1. The van der Waals surface area contributed by atoms with E-state index in [9.17, 15) is 0 Å². The summed E-state index contributed by atoms with van der Waals surface area (Å²) in [6.07, 6.45) is 3.65. The van der Waals surface area contributed by atoms with Gasteiger partial charge in [-0.15, -0.1) is 0 Å². The molecule has 3 nitrogen and oxygen atoms in total. The number of nitrogens with zero attached hydrogens (tertiary/aromatic N) is 1. The average molecular weight is 235 g/mol. The molecule has 0 saturated carbocycles. The van der Waals surface area contributed by atoms with E-state index in [1.165, 1.54) is 24.1 Å². The summed E-state index contributed by atoms with van der Waals surface area (Å²) < 4.78 is 0. The molecule has 2 N–H and O–H groups in total. The fourth-order valence-electron chi connectivity index (χ4n) is 2.54. The van der Waals surface area contributed by atoms with E-state index in [4.69, 9.17) is 0 Å². The fourth-order valence-corrected chi connectivity index (χ4v) is 2.54. The van der Waals surface area contributed by atoms with Crippen LogP contribution in [-0.4, -0.2) is 16.7 Å². The van der Waals surface area contributed by atoms with Crippen LogP contribution < -0.4 is 5.32 Å². The van der Waals surface area contributed by atoms with Crippen LogP contribution in [-0.2, 0) is 12.8 Å². The second-order valence-corrected chi connectivity index (χ2v) is 6.05. The minimum Gasteiger partial charge on any atom is -0.368 e. The normalized spacial score (nSPS) is 19.8. The molecular formula is C14H25N3. The van der Waals surface area contributed by atoms with E-state index in [1.807, 2.05) is 0 Å². The summed E-state index contributed by atoms with van der Waals surface area (Å²) in [7, 11) is 0. The Morgan fingerprint density at radius 3 is 2.76 bits per heavy atom. The molecule has 1 heterocycles. The van der Waals surface area contributed by atoms with Gasteiger partial charge in [0.2, 0.25) is 0 Å². The van der Waals surface area contributed by atoms with Gasteiger partial charge in [-0.3, -0.25) is 5.10 Å². The number of aryl methyl sites for hydroxylation is 1. The summed E-state index contributed by atoms with van der Waals surface area (Å²) in [5, 5.41) is 11.1. The van der Waals surface area contributed by atoms with Crippen molar-refractivity contribution in [3.05, 3.63) is 11.3 Å². The Labute approximate surface area is 104 Å². The minimum atomic E-state index is 0.659. The molecule has 0 aromatic carbocycles. The summed E-state index contributed by atoms with van der Waals surface area (Å²) in [5.74, 6) is 3.35. The van der Waals surface area contributed by atoms with Gasteiger partial charge in [-0.05, 0) is 37.0 Å². The summed E-state index contributed by atoms with van der Waals surface area (Å²) in [5.41, 5.74) is 2.80. The van der Waals surface area contributed by atoms with Crippen molar-refractivity contribution < 1.29 is 0 Å². The van der Waals surface area contributed by atoms with Crippen LogP contribution in [0, 0.1) is 17.8 Å². The molecule has 3 heteroatoms. The lowest BCUT2D eigenvalue weighted by molar-refractivity contribution is 0.342. The Balaban J connectivity index is 2.08. The molecule has 1 aromatic rings. The van der Waals surface area contributed by atoms with Crippen molar-refractivity contribution in [2.45, 2.75) is 47.0 Å². The molecule has 0 radical (unpaired) electrons. The van der Waals surface area contributed by atoms with Gasteiger partial charge in [0, 0.05) is 17.8 Å². The predicted octanol–water partition coefficient (Wildman–Crippen LogP) is 3.24. The largest absolute Gasteiger partial charge is 0.368 e. The number of aromatic nitrogens is 2. The molecule has 0 fully saturated rings. The van der Waals surface area contributed by atoms with Gasteiger partial charge in [0.25, 0.3) is 0 Å². The van der Waals surface area contributed by atoms with E-state index in [2.05, 4.69) is 43.2 Å². The Morgan fingerprint density at radius 2 is 2.12 bits per heavy atom. The fraction of sp³-hybridized carbons (Fsp3) is 0.786. The first kappa shape index (κ1) is 12.5. The zero-order valence-corrected chi connectivity index (χ0v) is 11.5. The van der Waals surface area contributed by atoms with Crippen LogP contribution in [0.3, 0.4) is 0 Å². The van der Waals surface area contributed by atoms with Gasteiger partial charge >= 0.3 is 0 Å². The molecule has 0 aliphatic heterocycles. The summed E-state index contributed by atoms with van der Waals surface area (Å²) in [4.78, 5) is 0. The third-order valence-electron chi connectivity index (χ3n) is 3.80. The number of aromatic amines is 1. The lowest BCUT2D eigenvalue weighted by Gasteiger charge is -2.25. The Hall–Kier alpha value is -0.990. The van der Waals surface area contributed by atoms with Crippen molar-refractivity contribution >= 4 is 5.82 Å². The van der Waals surface area contributed by atoms with Crippen molar-refractivity contribution in [3.8, 4) is 0 Å². The van der Waals surface area contributed by atoms with E-state index < -0.39 is 0 Å². The van der Waals surface area contributed by atoms with Gasteiger partial charge in [0.15, 0.2) is 5.82 Å². The molecule has 1 aliphatic carbocycles. The zero-order valence-electron chi connectivity index (χ0n) is 11.5. The molecule has 17 heavy (non-hydrogen) atoms. The maximum atomic E-state index is 4.43. The molecule has 1 aliphatic rings. The van der Waals surface area contributed by atoms with Crippen molar-refractivity contribution in [3.63, 3.8) is 0 Å². The highest BCUT2D eigenvalue weighted by atomic mass is 15.2. The lowest BCUT2D eigenvalue weighted by Crippen LogP contribution is -2.19. The molecule has 0 spiro atoms. The smallest absolute Gasteiger partial charge is 0.151 e. The Bertz CT molecular complexity index is 366. The van der Waals surface area contributed by atoms with Gasteiger partial charge in [0.1, 0.15) is 0 Å². The first-order chi connectivity index (χ1) is 8.08. The Morgan fingerprint density at radius 1 is 1.35 bits per heavy atom. The van der Waals surface area contributed by atoms with E-state index >= 15 is 0 Å². The monoisotopic (exact) mass is 235 g/mol. The third kappa shape index (κ3) is 2.82. The quantitative estimate of drug-likeness (QED) is 0.841. The van der Waals surface area contributed by atoms with Crippen LogP contribution in [0.5, 0.6) is 0 Å². The van der Waals surface area contributed by atoms with Gasteiger partial charge in [0.05, 0.1) is 0 Å². The van der Waals surface area contributed by atoms with Gasteiger partial charge in [-0.1, -0.05) is 27.7 Å². The predicted molar refractivity (Wildman–Crippen MR) is 72.3 cm³/mol.